The lowest BCUT2D eigenvalue weighted by molar-refractivity contribution is -0.130. The fourth-order valence-electron chi connectivity index (χ4n) is 2.08. The molecule has 110 valence electrons. The van der Waals surface area contributed by atoms with Crippen molar-refractivity contribution >= 4 is 11.5 Å². The normalized spacial score (nSPS) is 12.3. The van der Waals surface area contributed by atoms with Crippen molar-refractivity contribution in [1.29, 1.82) is 0 Å². The summed E-state index contributed by atoms with van der Waals surface area (Å²) in [6.07, 6.45) is 0. The summed E-state index contributed by atoms with van der Waals surface area (Å²) < 4.78 is 0. The second kappa shape index (κ2) is 4.97. The molecule has 3 nitrogen and oxygen atoms in total. The SMILES string of the molecule is C=C(C(=O)O)c1cc(C(C)(C)C)c(O)c(C(C)(C)C)c1. The van der Waals surface area contributed by atoms with Crippen molar-refractivity contribution in [3.05, 3.63) is 35.4 Å². The van der Waals surface area contributed by atoms with Gasteiger partial charge < -0.3 is 10.2 Å². The minimum atomic E-state index is -1.05. The highest BCUT2D eigenvalue weighted by atomic mass is 16.4. The molecule has 0 unspecified atom stereocenters. The van der Waals surface area contributed by atoms with E-state index in [0.29, 0.717) is 5.56 Å². The van der Waals surface area contributed by atoms with Crippen LogP contribution in [0.25, 0.3) is 5.57 Å². The summed E-state index contributed by atoms with van der Waals surface area (Å²) in [5.74, 6) is -0.803. The number of carbonyl (C=O) groups is 1. The number of aliphatic carboxylic acids is 1. The van der Waals surface area contributed by atoms with Crippen LogP contribution in [0.5, 0.6) is 5.75 Å². The maximum absolute atomic E-state index is 11.1. The number of benzene rings is 1. The molecule has 0 aliphatic carbocycles. The molecule has 0 bridgehead atoms. The Morgan fingerprint density at radius 2 is 1.35 bits per heavy atom. The molecule has 0 spiro atoms. The van der Waals surface area contributed by atoms with Gasteiger partial charge >= 0.3 is 5.97 Å². The van der Waals surface area contributed by atoms with Crippen molar-refractivity contribution in [1.82, 2.24) is 0 Å². The number of hydrogen-bond donors (Lipinski definition) is 2. The van der Waals surface area contributed by atoms with Crippen LogP contribution in [0.2, 0.25) is 0 Å². The van der Waals surface area contributed by atoms with Crippen LogP contribution in [-0.2, 0) is 15.6 Å². The molecule has 3 heteroatoms. The van der Waals surface area contributed by atoms with E-state index in [4.69, 9.17) is 5.11 Å². The van der Waals surface area contributed by atoms with Crippen molar-refractivity contribution in [2.45, 2.75) is 52.4 Å². The zero-order valence-electron chi connectivity index (χ0n) is 13.2. The predicted octanol–water partition coefficient (Wildman–Crippen LogP) is 4.09. The van der Waals surface area contributed by atoms with Crippen LogP contribution in [0, 0.1) is 0 Å². The Labute approximate surface area is 121 Å². The minimum Gasteiger partial charge on any atom is -0.507 e. The molecule has 0 heterocycles. The third kappa shape index (κ3) is 3.21. The molecule has 1 aromatic carbocycles. The number of carboxylic acid groups (broad SMARTS) is 1. The zero-order valence-corrected chi connectivity index (χ0v) is 13.2. The Balaban J connectivity index is 3.67. The maximum Gasteiger partial charge on any atom is 0.335 e. The first kappa shape index (κ1) is 16.3. The molecular weight excluding hydrogens is 252 g/mol. The molecule has 20 heavy (non-hydrogen) atoms. The molecule has 0 fully saturated rings. The van der Waals surface area contributed by atoms with Gasteiger partial charge in [-0.15, -0.1) is 0 Å². The van der Waals surface area contributed by atoms with Crippen LogP contribution >= 0.6 is 0 Å². The van der Waals surface area contributed by atoms with Crippen LogP contribution in [0.3, 0.4) is 0 Å². The van der Waals surface area contributed by atoms with E-state index in [1.807, 2.05) is 41.5 Å². The van der Waals surface area contributed by atoms with Gasteiger partial charge in [-0.25, -0.2) is 4.79 Å². The van der Waals surface area contributed by atoms with Crippen molar-refractivity contribution in [3.8, 4) is 5.75 Å². The average Bonchev–Trinajstić information content (AvgIpc) is 2.24. The van der Waals surface area contributed by atoms with E-state index in [9.17, 15) is 9.90 Å². The van der Waals surface area contributed by atoms with E-state index in [1.54, 1.807) is 12.1 Å². The summed E-state index contributed by atoms with van der Waals surface area (Å²) in [5.41, 5.74) is 1.51. The van der Waals surface area contributed by atoms with Gasteiger partial charge in [-0.3, -0.25) is 0 Å². The molecule has 1 aromatic rings. The van der Waals surface area contributed by atoms with Gasteiger partial charge in [0.2, 0.25) is 0 Å². The van der Waals surface area contributed by atoms with E-state index in [0.717, 1.165) is 11.1 Å². The van der Waals surface area contributed by atoms with Gasteiger partial charge in [0.1, 0.15) is 5.75 Å². The summed E-state index contributed by atoms with van der Waals surface area (Å²) in [6, 6.07) is 3.45. The minimum absolute atomic E-state index is 0.0426. The summed E-state index contributed by atoms with van der Waals surface area (Å²) in [5, 5.41) is 19.7. The third-order valence-electron chi connectivity index (χ3n) is 3.33. The Kier molecular flexibility index (Phi) is 4.04. The highest BCUT2D eigenvalue weighted by Crippen LogP contribution is 2.40. The lowest BCUT2D eigenvalue weighted by Gasteiger charge is -2.28. The highest BCUT2D eigenvalue weighted by Gasteiger charge is 2.27. The first-order valence-electron chi connectivity index (χ1n) is 6.66. The predicted molar refractivity (Wildman–Crippen MR) is 82.2 cm³/mol. The summed E-state index contributed by atoms with van der Waals surface area (Å²) in [6.45, 7) is 15.5. The average molecular weight is 276 g/mol. The van der Waals surface area contributed by atoms with E-state index in [1.165, 1.54) is 0 Å². The highest BCUT2D eigenvalue weighted by molar-refractivity contribution is 6.14. The molecule has 0 atom stereocenters. The summed E-state index contributed by atoms with van der Waals surface area (Å²) in [4.78, 5) is 11.1. The van der Waals surface area contributed by atoms with Crippen LogP contribution in [0.15, 0.2) is 18.7 Å². The molecule has 0 aromatic heterocycles. The molecule has 0 saturated heterocycles. The Morgan fingerprint density at radius 1 is 1.00 bits per heavy atom. The number of phenolic OH excluding ortho intramolecular Hbond substituents is 1. The van der Waals surface area contributed by atoms with Gasteiger partial charge in [-0.05, 0) is 28.5 Å². The largest absolute Gasteiger partial charge is 0.507 e. The van der Waals surface area contributed by atoms with E-state index in [2.05, 4.69) is 6.58 Å². The number of aromatic hydroxyl groups is 1. The van der Waals surface area contributed by atoms with Crippen molar-refractivity contribution < 1.29 is 15.0 Å². The smallest absolute Gasteiger partial charge is 0.335 e. The molecule has 0 aliphatic rings. The van der Waals surface area contributed by atoms with Crippen LogP contribution in [0.1, 0.15) is 58.2 Å². The Hall–Kier alpha value is -1.77. The standard InChI is InChI=1S/C17H24O3/c1-10(15(19)20)11-8-12(16(2,3)4)14(18)13(9-11)17(5,6)7/h8-9,18H,1H2,2-7H3,(H,19,20). The molecule has 0 amide bonds. The number of rotatable bonds is 2. The van der Waals surface area contributed by atoms with Crippen LogP contribution in [-0.4, -0.2) is 16.2 Å². The molecule has 0 aliphatic heterocycles. The van der Waals surface area contributed by atoms with E-state index < -0.39 is 5.97 Å². The van der Waals surface area contributed by atoms with Crippen molar-refractivity contribution in [2.75, 3.05) is 0 Å². The molecule has 1 rings (SSSR count). The molecule has 0 saturated carbocycles. The van der Waals surface area contributed by atoms with Gasteiger partial charge in [0.05, 0.1) is 5.57 Å². The van der Waals surface area contributed by atoms with Gasteiger partial charge in [-0.1, -0.05) is 48.1 Å². The van der Waals surface area contributed by atoms with E-state index in [-0.39, 0.29) is 22.2 Å². The lowest BCUT2D eigenvalue weighted by Crippen LogP contribution is -2.18. The zero-order chi connectivity index (χ0) is 15.9. The fourth-order valence-corrected chi connectivity index (χ4v) is 2.08. The topological polar surface area (TPSA) is 57.5 Å². The van der Waals surface area contributed by atoms with Crippen LogP contribution < -0.4 is 0 Å². The van der Waals surface area contributed by atoms with Crippen molar-refractivity contribution in [3.63, 3.8) is 0 Å². The first-order valence-corrected chi connectivity index (χ1v) is 6.66. The number of carboxylic acids is 1. The van der Waals surface area contributed by atoms with Crippen molar-refractivity contribution in [2.24, 2.45) is 0 Å². The molecule has 0 radical (unpaired) electrons. The van der Waals surface area contributed by atoms with Gasteiger partial charge in [0, 0.05) is 11.1 Å². The monoisotopic (exact) mass is 276 g/mol. The van der Waals surface area contributed by atoms with E-state index >= 15 is 0 Å². The quantitative estimate of drug-likeness (QED) is 0.800. The second-order valence-electron chi connectivity index (χ2n) is 7.20. The van der Waals surface area contributed by atoms with Gasteiger partial charge in [0.25, 0.3) is 0 Å². The lowest BCUT2D eigenvalue weighted by atomic mass is 9.78. The first-order chi connectivity index (χ1) is 8.85. The maximum atomic E-state index is 11.1. The third-order valence-corrected chi connectivity index (χ3v) is 3.33. The van der Waals surface area contributed by atoms with Gasteiger partial charge in [-0.2, -0.15) is 0 Å². The Morgan fingerprint density at radius 3 is 1.60 bits per heavy atom. The van der Waals surface area contributed by atoms with Gasteiger partial charge in [0.15, 0.2) is 0 Å². The number of phenols is 1. The second-order valence-corrected chi connectivity index (χ2v) is 7.20. The number of hydrogen-bond acceptors (Lipinski definition) is 2. The molecular formula is C17H24O3. The summed E-state index contributed by atoms with van der Waals surface area (Å²) >= 11 is 0. The van der Waals surface area contributed by atoms with Crippen LogP contribution in [0.4, 0.5) is 0 Å². The summed E-state index contributed by atoms with van der Waals surface area (Å²) in [7, 11) is 0. The molecule has 2 N–H and O–H groups in total. The fraction of sp³-hybridized carbons (Fsp3) is 0.471. The Bertz CT molecular complexity index is 520.